The van der Waals surface area contributed by atoms with Gasteiger partial charge in [0.1, 0.15) is 0 Å². The number of methoxy groups -OCH3 is 2. The third kappa shape index (κ3) is 2.37. The first kappa shape index (κ1) is 10.8. The molecule has 0 aliphatic rings. The van der Waals surface area contributed by atoms with Gasteiger partial charge in [-0.05, 0) is 18.1 Å². The van der Waals surface area contributed by atoms with E-state index in [1.807, 2.05) is 18.2 Å². The Kier molecular flexibility index (Phi) is 4.22. The molecule has 0 aliphatic heterocycles. The van der Waals surface area contributed by atoms with Crippen molar-refractivity contribution in [2.45, 2.75) is 6.42 Å². The van der Waals surface area contributed by atoms with E-state index in [2.05, 4.69) is 5.43 Å². The summed E-state index contributed by atoms with van der Waals surface area (Å²) < 4.78 is 10.5. The Morgan fingerprint density at radius 2 is 2.07 bits per heavy atom. The van der Waals surface area contributed by atoms with Crippen LogP contribution in [0.25, 0.3) is 0 Å². The highest BCUT2D eigenvalue weighted by molar-refractivity contribution is 5.46. The van der Waals surface area contributed by atoms with Crippen molar-refractivity contribution in [3.05, 3.63) is 23.8 Å². The quantitative estimate of drug-likeness (QED) is 0.538. The van der Waals surface area contributed by atoms with Crippen LogP contribution >= 0.6 is 0 Å². The minimum absolute atomic E-state index is 0.712. The van der Waals surface area contributed by atoms with E-state index in [4.69, 9.17) is 15.3 Å². The summed E-state index contributed by atoms with van der Waals surface area (Å²) in [4.78, 5) is 0. The number of nitrogens with two attached hydrogens (primary N) is 1. The lowest BCUT2D eigenvalue weighted by Gasteiger charge is -2.11. The average molecular weight is 196 g/mol. The van der Waals surface area contributed by atoms with Gasteiger partial charge in [-0.1, -0.05) is 12.1 Å². The fraction of sp³-hybridized carbons (Fsp3) is 0.400. The minimum atomic E-state index is 0.712. The van der Waals surface area contributed by atoms with Crippen molar-refractivity contribution in [3.63, 3.8) is 0 Å². The summed E-state index contributed by atoms with van der Waals surface area (Å²) in [6, 6.07) is 5.81. The van der Waals surface area contributed by atoms with Gasteiger partial charge in [0, 0.05) is 6.54 Å². The lowest BCUT2D eigenvalue weighted by Crippen LogP contribution is -2.24. The summed E-state index contributed by atoms with van der Waals surface area (Å²) in [5, 5.41) is 0. The lowest BCUT2D eigenvalue weighted by atomic mass is 10.1. The monoisotopic (exact) mass is 196 g/mol. The van der Waals surface area contributed by atoms with Crippen molar-refractivity contribution in [1.82, 2.24) is 5.43 Å². The van der Waals surface area contributed by atoms with Crippen LogP contribution in [0.15, 0.2) is 18.2 Å². The van der Waals surface area contributed by atoms with E-state index in [-0.39, 0.29) is 0 Å². The highest BCUT2D eigenvalue weighted by Gasteiger charge is 2.07. The van der Waals surface area contributed by atoms with E-state index >= 15 is 0 Å². The Balaban J connectivity index is 2.90. The standard InChI is InChI=1S/C10H16N2O2/c1-13-9-5-3-4-8(6-7-12-11)10(9)14-2/h3-5,12H,6-7,11H2,1-2H3. The van der Waals surface area contributed by atoms with Gasteiger partial charge in [-0.25, -0.2) is 0 Å². The zero-order valence-electron chi connectivity index (χ0n) is 8.54. The SMILES string of the molecule is COc1cccc(CCNN)c1OC. The van der Waals surface area contributed by atoms with E-state index < -0.39 is 0 Å². The molecule has 0 saturated carbocycles. The second-order valence-electron chi connectivity index (χ2n) is 2.86. The van der Waals surface area contributed by atoms with Crippen LogP contribution in [0.3, 0.4) is 0 Å². The molecular weight excluding hydrogens is 180 g/mol. The Hall–Kier alpha value is -1.26. The average Bonchev–Trinajstić information content (AvgIpc) is 2.25. The Morgan fingerprint density at radius 3 is 2.64 bits per heavy atom. The van der Waals surface area contributed by atoms with Crippen LogP contribution in [-0.4, -0.2) is 20.8 Å². The van der Waals surface area contributed by atoms with Crippen molar-refractivity contribution in [2.75, 3.05) is 20.8 Å². The van der Waals surface area contributed by atoms with Crippen LogP contribution in [0, 0.1) is 0 Å². The molecule has 0 fully saturated rings. The molecule has 0 heterocycles. The number of nitrogens with one attached hydrogen (secondary N) is 1. The van der Waals surface area contributed by atoms with Crippen LogP contribution in [0.1, 0.15) is 5.56 Å². The van der Waals surface area contributed by atoms with Crippen molar-refractivity contribution >= 4 is 0 Å². The minimum Gasteiger partial charge on any atom is -0.493 e. The van der Waals surface area contributed by atoms with Crippen LogP contribution in [0.5, 0.6) is 11.5 Å². The third-order valence-electron chi connectivity index (χ3n) is 2.02. The van der Waals surface area contributed by atoms with E-state index in [9.17, 15) is 0 Å². The molecule has 4 heteroatoms. The molecule has 0 amide bonds. The summed E-state index contributed by atoms with van der Waals surface area (Å²) in [5.41, 5.74) is 3.70. The third-order valence-corrected chi connectivity index (χ3v) is 2.02. The first-order chi connectivity index (χ1) is 6.83. The number of ether oxygens (including phenoxy) is 2. The molecule has 0 saturated heterocycles. The highest BCUT2D eigenvalue weighted by atomic mass is 16.5. The molecular formula is C10H16N2O2. The summed E-state index contributed by atoms with van der Waals surface area (Å²) in [6.07, 6.45) is 0.816. The van der Waals surface area contributed by atoms with E-state index in [0.29, 0.717) is 6.54 Å². The lowest BCUT2D eigenvalue weighted by molar-refractivity contribution is 0.351. The number of hydrazine groups is 1. The van der Waals surface area contributed by atoms with Gasteiger partial charge in [0.25, 0.3) is 0 Å². The maximum Gasteiger partial charge on any atom is 0.163 e. The molecule has 0 radical (unpaired) electrons. The largest absolute Gasteiger partial charge is 0.493 e. The molecule has 4 nitrogen and oxygen atoms in total. The molecule has 3 N–H and O–H groups in total. The van der Waals surface area contributed by atoms with Gasteiger partial charge in [-0.3, -0.25) is 11.3 Å². The van der Waals surface area contributed by atoms with Crippen molar-refractivity contribution in [3.8, 4) is 11.5 Å². The van der Waals surface area contributed by atoms with Gasteiger partial charge < -0.3 is 9.47 Å². The molecule has 0 unspecified atom stereocenters. The van der Waals surface area contributed by atoms with Gasteiger partial charge in [-0.15, -0.1) is 0 Å². The maximum absolute atomic E-state index is 5.27. The number of hydrogen-bond donors (Lipinski definition) is 2. The normalized spacial score (nSPS) is 9.93. The second-order valence-corrected chi connectivity index (χ2v) is 2.86. The van der Waals surface area contributed by atoms with Crippen molar-refractivity contribution in [1.29, 1.82) is 0 Å². The van der Waals surface area contributed by atoms with Crippen LogP contribution in [0.4, 0.5) is 0 Å². The Morgan fingerprint density at radius 1 is 1.29 bits per heavy atom. The van der Waals surface area contributed by atoms with Crippen LogP contribution in [0.2, 0.25) is 0 Å². The summed E-state index contributed by atoms with van der Waals surface area (Å²) >= 11 is 0. The fourth-order valence-corrected chi connectivity index (χ4v) is 1.36. The van der Waals surface area contributed by atoms with Crippen LogP contribution in [-0.2, 0) is 6.42 Å². The molecule has 0 spiro atoms. The highest BCUT2D eigenvalue weighted by Crippen LogP contribution is 2.30. The predicted molar refractivity (Wildman–Crippen MR) is 55.4 cm³/mol. The number of para-hydroxylation sites is 1. The first-order valence-electron chi connectivity index (χ1n) is 4.46. The van der Waals surface area contributed by atoms with Crippen molar-refractivity contribution in [2.24, 2.45) is 5.84 Å². The predicted octanol–water partition coefficient (Wildman–Crippen LogP) is 0.710. The molecule has 1 aromatic rings. The van der Waals surface area contributed by atoms with Crippen LogP contribution < -0.4 is 20.7 Å². The van der Waals surface area contributed by atoms with E-state index in [0.717, 1.165) is 23.5 Å². The fourth-order valence-electron chi connectivity index (χ4n) is 1.36. The maximum atomic E-state index is 5.27. The topological polar surface area (TPSA) is 56.5 Å². The molecule has 1 aromatic carbocycles. The summed E-state index contributed by atoms with van der Waals surface area (Å²) in [6.45, 7) is 0.712. The zero-order valence-corrected chi connectivity index (χ0v) is 8.54. The van der Waals surface area contributed by atoms with E-state index in [1.165, 1.54) is 0 Å². The molecule has 0 bridgehead atoms. The molecule has 0 aliphatic carbocycles. The summed E-state index contributed by atoms with van der Waals surface area (Å²) in [5.74, 6) is 6.75. The summed E-state index contributed by atoms with van der Waals surface area (Å²) in [7, 11) is 3.26. The number of benzene rings is 1. The Bertz CT molecular complexity index is 289. The van der Waals surface area contributed by atoms with Gasteiger partial charge >= 0.3 is 0 Å². The van der Waals surface area contributed by atoms with Gasteiger partial charge in [-0.2, -0.15) is 0 Å². The van der Waals surface area contributed by atoms with Gasteiger partial charge in [0.05, 0.1) is 14.2 Å². The van der Waals surface area contributed by atoms with Gasteiger partial charge in [0.2, 0.25) is 0 Å². The molecule has 0 atom stereocenters. The first-order valence-corrected chi connectivity index (χ1v) is 4.46. The molecule has 0 aromatic heterocycles. The molecule has 14 heavy (non-hydrogen) atoms. The zero-order chi connectivity index (χ0) is 10.4. The van der Waals surface area contributed by atoms with E-state index in [1.54, 1.807) is 14.2 Å². The number of rotatable bonds is 5. The van der Waals surface area contributed by atoms with Crippen molar-refractivity contribution < 1.29 is 9.47 Å². The Labute approximate surface area is 84.0 Å². The smallest absolute Gasteiger partial charge is 0.163 e. The second kappa shape index (κ2) is 5.47. The molecule has 78 valence electrons. The number of hydrogen-bond acceptors (Lipinski definition) is 4. The molecule has 1 rings (SSSR count). The van der Waals surface area contributed by atoms with Gasteiger partial charge in [0.15, 0.2) is 11.5 Å².